The number of ether oxygens (including phenoxy) is 1. The van der Waals surface area contributed by atoms with Gasteiger partial charge >= 0.3 is 5.97 Å². The fourth-order valence-electron chi connectivity index (χ4n) is 3.01. The Labute approximate surface area is 151 Å². The normalized spacial score (nSPS) is 18.5. The van der Waals surface area contributed by atoms with Crippen molar-refractivity contribution in [1.82, 2.24) is 9.62 Å². The van der Waals surface area contributed by atoms with Crippen LogP contribution in [0.5, 0.6) is 0 Å². The number of hydrogen-bond donors (Lipinski definition) is 1. The molecule has 26 heavy (non-hydrogen) atoms. The molecule has 0 saturated carbocycles. The summed E-state index contributed by atoms with van der Waals surface area (Å²) in [6, 6.07) is 11.1. The fraction of sp³-hybridized carbons (Fsp3) is 0.278. The van der Waals surface area contributed by atoms with Crippen LogP contribution >= 0.6 is 0 Å². The van der Waals surface area contributed by atoms with Gasteiger partial charge in [-0.15, -0.1) is 0 Å². The number of sulfonamides is 1. The average Bonchev–Trinajstić information content (AvgIpc) is 2.67. The largest absolute Gasteiger partial charge is 0.465 e. The van der Waals surface area contributed by atoms with Gasteiger partial charge in [0.05, 0.1) is 23.6 Å². The average molecular weight is 378 g/mol. The second kappa shape index (κ2) is 7.53. The predicted octanol–water partition coefficient (Wildman–Crippen LogP) is 1.95. The highest BCUT2D eigenvalue weighted by Gasteiger charge is 2.34. The minimum Gasteiger partial charge on any atom is -0.465 e. The van der Waals surface area contributed by atoms with Gasteiger partial charge in [0.15, 0.2) is 0 Å². The van der Waals surface area contributed by atoms with E-state index in [1.54, 1.807) is 12.1 Å². The number of benzene rings is 2. The standard InChI is InChI=1S/C18H19FN2O4S/c1-25-18(22)14-5-3-7-16(11-14)26(23,24)21-9-8-20-12-17(21)13-4-2-6-15(19)10-13/h2-7,10-11,17,20H,8-9,12H2,1H3. The molecule has 0 aliphatic carbocycles. The van der Waals surface area contributed by atoms with Crippen LogP contribution in [0.25, 0.3) is 0 Å². The third-order valence-electron chi connectivity index (χ3n) is 4.29. The maximum atomic E-state index is 13.6. The molecule has 6 nitrogen and oxygen atoms in total. The summed E-state index contributed by atoms with van der Waals surface area (Å²) in [5.41, 5.74) is 0.732. The molecule has 1 aliphatic rings. The molecule has 2 aromatic rings. The van der Waals surface area contributed by atoms with Gasteiger partial charge in [-0.3, -0.25) is 0 Å². The molecule has 8 heteroatoms. The number of esters is 1. The van der Waals surface area contributed by atoms with E-state index in [9.17, 15) is 17.6 Å². The van der Waals surface area contributed by atoms with Crippen LogP contribution in [0, 0.1) is 5.82 Å². The molecule has 1 fully saturated rings. The van der Waals surface area contributed by atoms with Crippen molar-refractivity contribution in [1.29, 1.82) is 0 Å². The summed E-state index contributed by atoms with van der Waals surface area (Å²) in [5, 5.41) is 3.14. The number of halogens is 1. The number of carbonyl (C=O) groups is 1. The zero-order chi connectivity index (χ0) is 18.7. The lowest BCUT2D eigenvalue weighted by Crippen LogP contribution is -2.48. The fourth-order valence-corrected chi connectivity index (χ4v) is 4.67. The molecule has 1 aliphatic heterocycles. The van der Waals surface area contributed by atoms with Crippen molar-refractivity contribution in [3.8, 4) is 0 Å². The Balaban J connectivity index is 2.00. The summed E-state index contributed by atoms with van der Waals surface area (Å²) >= 11 is 0. The highest BCUT2D eigenvalue weighted by Crippen LogP contribution is 2.29. The van der Waals surface area contributed by atoms with Crippen molar-refractivity contribution < 1.29 is 22.3 Å². The Morgan fingerprint density at radius 3 is 2.73 bits per heavy atom. The quantitative estimate of drug-likeness (QED) is 0.823. The lowest BCUT2D eigenvalue weighted by atomic mass is 10.1. The van der Waals surface area contributed by atoms with Crippen molar-refractivity contribution in [3.05, 3.63) is 65.5 Å². The summed E-state index contributed by atoms with van der Waals surface area (Å²) < 4.78 is 45.9. The van der Waals surface area contributed by atoms with Crippen LogP contribution in [0.2, 0.25) is 0 Å². The minimum absolute atomic E-state index is 0.00343. The van der Waals surface area contributed by atoms with Crippen LogP contribution in [-0.4, -0.2) is 45.4 Å². The molecule has 1 unspecified atom stereocenters. The Morgan fingerprint density at radius 2 is 2.00 bits per heavy atom. The van der Waals surface area contributed by atoms with Crippen LogP contribution < -0.4 is 5.32 Å². The van der Waals surface area contributed by atoms with Gasteiger partial charge < -0.3 is 10.1 Å². The third-order valence-corrected chi connectivity index (χ3v) is 6.19. The van der Waals surface area contributed by atoms with Crippen LogP contribution in [0.1, 0.15) is 22.0 Å². The van der Waals surface area contributed by atoms with Crippen molar-refractivity contribution >= 4 is 16.0 Å². The van der Waals surface area contributed by atoms with E-state index in [-0.39, 0.29) is 17.0 Å². The van der Waals surface area contributed by atoms with Crippen molar-refractivity contribution in [3.63, 3.8) is 0 Å². The summed E-state index contributed by atoms with van der Waals surface area (Å²) in [6.45, 7) is 1.10. The van der Waals surface area contributed by atoms with E-state index < -0.39 is 27.9 Å². The topological polar surface area (TPSA) is 75.7 Å². The lowest BCUT2D eigenvalue weighted by Gasteiger charge is -2.35. The van der Waals surface area contributed by atoms with E-state index in [1.165, 1.54) is 47.8 Å². The maximum Gasteiger partial charge on any atom is 0.337 e. The molecular weight excluding hydrogens is 359 g/mol. The molecule has 0 bridgehead atoms. The SMILES string of the molecule is COC(=O)c1cccc(S(=O)(=O)N2CCNCC2c2cccc(F)c2)c1. The Bertz CT molecular complexity index is 917. The predicted molar refractivity (Wildman–Crippen MR) is 93.7 cm³/mol. The van der Waals surface area contributed by atoms with Gasteiger partial charge in [0.1, 0.15) is 5.82 Å². The molecule has 0 amide bonds. The van der Waals surface area contributed by atoms with E-state index in [0.29, 0.717) is 18.7 Å². The van der Waals surface area contributed by atoms with Gasteiger partial charge in [0.2, 0.25) is 10.0 Å². The zero-order valence-electron chi connectivity index (χ0n) is 14.2. The number of methoxy groups -OCH3 is 1. The van der Waals surface area contributed by atoms with Gasteiger partial charge in [-0.1, -0.05) is 18.2 Å². The van der Waals surface area contributed by atoms with Crippen LogP contribution in [0.15, 0.2) is 53.4 Å². The van der Waals surface area contributed by atoms with Crippen LogP contribution in [-0.2, 0) is 14.8 Å². The summed E-state index contributed by atoms with van der Waals surface area (Å²) in [5.74, 6) is -1.03. The summed E-state index contributed by atoms with van der Waals surface area (Å²) in [4.78, 5) is 11.7. The number of carbonyl (C=O) groups excluding carboxylic acids is 1. The second-order valence-electron chi connectivity index (χ2n) is 5.91. The maximum absolute atomic E-state index is 13.6. The second-order valence-corrected chi connectivity index (χ2v) is 7.80. The molecular formula is C18H19FN2O4S. The number of rotatable bonds is 4. The third kappa shape index (κ3) is 3.62. The van der Waals surface area contributed by atoms with Crippen LogP contribution in [0.4, 0.5) is 4.39 Å². The molecule has 1 atom stereocenters. The molecule has 1 saturated heterocycles. The van der Waals surface area contributed by atoms with Crippen molar-refractivity contribution in [2.24, 2.45) is 0 Å². The van der Waals surface area contributed by atoms with Crippen molar-refractivity contribution in [2.75, 3.05) is 26.7 Å². The van der Waals surface area contributed by atoms with E-state index in [0.717, 1.165) is 0 Å². The zero-order valence-corrected chi connectivity index (χ0v) is 15.0. The van der Waals surface area contributed by atoms with Gasteiger partial charge in [-0.05, 0) is 35.9 Å². The molecule has 138 valence electrons. The summed E-state index contributed by atoms with van der Waals surface area (Å²) in [6.07, 6.45) is 0. The number of nitrogens with one attached hydrogen (secondary N) is 1. The number of hydrogen-bond acceptors (Lipinski definition) is 5. The first-order valence-corrected chi connectivity index (χ1v) is 9.54. The molecule has 0 spiro atoms. The smallest absolute Gasteiger partial charge is 0.337 e. The van der Waals surface area contributed by atoms with Crippen LogP contribution in [0.3, 0.4) is 0 Å². The van der Waals surface area contributed by atoms with Crippen molar-refractivity contribution in [2.45, 2.75) is 10.9 Å². The number of nitrogens with zero attached hydrogens (tertiary/aromatic N) is 1. The van der Waals surface area contributed by atoms with E-state index in [4.69, 9.17) is 0 Å². The molecule has 1 N–H and O–H groups in total. The molecule has 0 aromatic heterocycles. The van der Waals surface area contributed by atoms with Gasteiger partial charge in [-0.2, -0.15) is 4.31 Å². The molecule has 1 heterocycles. The highest BCUT2D eigenvalue weighted by atomic mass is 32.2. The lowest BCUT2D eigenvalue weighted by molar-refractivity contribution is 0.0600. The molecule has 0 radical (unpaired) electrons. The summed E-state index contributed by atoms with van der Waals surface area (Å²) in [7, 11) is -2.64. The van der Waals surface area contributed by atoms with Gasteiger partial charge in [-0.25, -0.2) is 17.6 Å². The van der Waals surface area contributed by atoms with E-state index >= 15 is 0 Å². The molecule has 3 rings (SSSR count). The van der Waals surface area contributed by atoms with Gasteiger partial charge in [0.25, 0.3) is 0 Å². The van der Waals surface area contributed by atoms with Gasteiger partial charge in [0, 0.05) is 19.6 Å². The first kappa shape index (κ1) is 18.5. The monoisotopic (exact) mass is 378 g/mol. The first-order valence-electron chi connectivity index (χ1n) is 8.10. The first-order chi connectivity index (χ1) is 12.4. The Kier molecular flexibility index (Phi) is 5.36. The minimum atomic E-state index is -3.87. The van der Waals surface area contributed by atoms with E-state index in [2.05, 4.69) is 10.1 Å². The van der Waals surface area contributed by atoms with E-state index in [1.807, 2.05) is 0 Å². The Morgan fingerprint density at radius 1 is 1.23 bits per heavy atom. The highest BCUT2D eigenvalue weighted by molar-refractivity contribution is 7.89. The molecule has 2 aromatic carbocycles. The number of piperazine rings is 1. The Hall–Kier alpha value is -2.29.